The first-order chi connectivity index (χ1) is 10.8. The molecule has 0 spiro atoms. The van der Waals surface area contributed by atoms with Crippen LogP contribution >= 0.6 is 24.0 Å². The Kier molecular flexibility index (Phi) is 13.7. The van der Waals surface area contributed by atoms with Crippen molar-refractivity contribution < 1.29 is 4.74 Å². The van der Waals surface area contributed by atoms with E-state index >= 15 is 0 Å². The number of hydrogen-bond acceptors (Lipinski definition) is 3. The van der Waals surface area contributed by atoms with Crippen LogP contribution in [0.3, 0.4) is 0 Å². The predicted molar refractivity (Wildman–Crippen MR) is 105 cm³/mol. The second-order valence-corrected chi connectivity index (χ2v) is 8.42. The molecule has 22 heavy (non-hydrogen) atoms. The van der Waals surface area contributed by atoms with E-state index in [1.54, 1.807) is 0 Å². The molecule has 0 aliphatic carbocycles. The van der Waals surface area contributed by atoms with E-state index in [0.29, 0.717) is 0 Å². The molecule has 0 unspecified atom stereocenters. The Morgan fingerprint density at radius 1 is 0.864 bits per heavy atom. The van der Waals surface area contributed by atoms with Gasteiger partial charge in [0.15, 0.2) is 5.05 Å². The van der Waals surface area contributed by atoms with Gasteiger partial charge >= 0.3 is 0 Å². The molecule has 1 rings (SSSR count). The highest BCUT2D eigenvalue weighted by Gasteiger charge is 2.23. The van der Waals surface area contributed by atoms with Crippen molar-refractivity contribution in [2.24, 2.45) is 0 Å². The van der Waals surface area contributed by atoms with Gasteiger partial charge < -0.3 is 4.74 Å². The first-order valence-electron chi connectivity index (χ1n) is 9.60. The monoisotopic (exact) mass is 344 g/mol. The van der Waals surface area contributed by atoms with Crippen LogP contribution in [0.5, 0.6) is 0 Å². The summed E-state index contributed by atoms with van der Waals surface area (Å²) in [5.41, 5.74) is 0. The summed E-state index contributed by atoms with van der Waals surface area (Å²) in [7, 11) is 0. The molecule has 1 saturated heterocycles. The lowest BCUT2D eigenvalue weighted by Crippen LogP contribution is -2.06. The van der Waals surface area contributed by atoms with Gasteiger partial charge in [0.05, 0.1) is 0 Å². The van der Waals surface area contributed by atoms with Gasteiger partial charge in [0, 0.05) is 17.4 Å². The summed E-state index contributed by atoms with van der Waals surface area (Å²) in [6.07, 6.45) is 19.2. The molecule has 130 valence electrons. The van der Waals surface area contributed by atoms with Crippen LogP contribution in [0.25, 0.3) is 0 Å². The maximum atomic E-state index is 5.58. The first-order valence-corrected chi connectivity index (χ1v) is 11.1. The van der Waals surface area contributed by atoms with Crippen LogP contribution < -0.4 is 0 Å². The quantitative estimate of drug-likeness (QED) is 0.171. The first kappa shape index (κ1) is 20.3. The molecule has 0 aromatic rings. The van der Waals surface area contributed by atoms with E-state index < -0.39 is 0 Å². The molecule has 1 nitrogen and oxygen atoms in total. The van der Waals surface area contributed by atoms with Crippen molar-refractivity contribution in [3.05, 3.63) is 0 Å². The van der Waals surface area contributed by atoms with Gasteiger partial charge in [-0.15, -0.1) is 0 Å². The Hall–Kier alpha value is 0.240. The molecule has 1 aliphatic rings. The average molecular weight is 345 g/mol. The second-order valence-electron chi connectivity index (χ2n) is 6.63. The van der Waals surface area contributed by atoms with Crippen LogP contribution in [0.4, 0.5) is 0 Å². The Bertz CT molecular complexity index is 264. The minimum atomic E-state index is 0.740. The largest absolute Gasteiger partial charge is 0.486 e. The molecule has 0 N–H and O–H groups in total. The van der Waals surface area contributed by atoms with E-state index in [9.17, 15) is 0 Å². The van der Waals surface area contributed by atoms with Gasteiger partial charge in [-0.25, -0.2) is 0 Å². The average Bonchev–Trinajstić information content (AvgIpc) is 3.34. The highest BCUT2D eigenvalue weighted by atomic mass is 32.2. The standard InChI is InChI=1S/C19H36OS2/c1-2-3-4-5-6-7-8-9-10-11-12-13-14-15-19(21)20-16-18-17-22-18/h18H,2-17H2,1H3/t18-/m0/s1. The fraction of sp³-hybridized carbons (Fsp3) is 0.947. The number of rotatable bonds is 16. The summed E-state index contributed by atoms with van der Waals surface area (Å²) in [6.45, 7) is 3.13. The fourth-order valence-corrected chi connectivity index (χ4v) is 3.32. The van der Waals surface area contributed by atoms with Gasteiger partial charge in [0.25, 0.3) is 0 Å². The van der Waals surface area contributed by atoms with Crippen LogP contribution in [-0.2, 0) is 4.74 Å². The van der Waals surface area contributed by atoms with Crippen LogP contribution in [0, 0.1) is 0 Å². The van der Waals surface area contributed by atoms with E-state index in [0.717, 1.165) is 23.3 Å². The summed E-state index contributed by atoms with van der Waals surface area (Å²) in [4.78, 5) is 0. The van der Waals surface area contributed by atoms with E-state index in [2.05, 4.69) is 6.92 Å². The van der Waals surface area contributed by atoms with Crippen molar-refractivity contribution >= 4 is 29.0 Å². The van der Waals surface area contributed by atoms with Gasteiger partial charge in [0.1, 0.15) is 6.61 Å². The van der Waals surface area contributed by atoms with Crippen LogP contribution in [0.2, 0.25) is 0 Å². The third-order valence-electron chi connectivity index (χ3n) is 4.32. The third-order valence-corrected chi connectivity index (χ3v) is 5.58. The molecule has 0 aromatic carbocycles. The second kappa shape index (κ2) is 14.8. The number of thiocarbonyl (C=S) groups is 1. The van der Waals surface area contributed by atoms with Crippen molar-refractivity contribution in [1.29, 1.82) is 0 Å². The zero-order valence-electron chi connectivity index (χ0n) is 14.6. The Morgan fingerprint density at radius 2 is 1.32 bits per heavy atom. The van der Waals surface area contributed by atoms with Crippen molar-refractivity contribution in [3.8, 4) is 0 Å². The highest BCUT2D eigenvalue weighted by molar-refractivity contribution is 8.06. The number of ether oxygens (including phenoxy) is 1. The number of hydrogen-bond donors (Lipinski definition) is 0. The molecule has 0 amide bonds. The van der Waals surface area contributed by atoms with E-state index in [4.69, 9.17) is 17.0 Å². The molecule has 0 saturated carbocycles. The lowest BCUT2D eigenvalue weighted by molar-refractivity contribution is 0.315. The maximum Gasteiger partial charge on any atom is 0.159 e. The van der Waals surface area contributed by atoms with Gasteiger partial charge in [-0.1, -0.05) is 84.0 Å². The molecule has 1 aliphatic heterocycles. The zero-order chi connectivity index (χ0) is 15.9. The van der Waals surface area contributed by atoms with E-state index in [1.165, 1.54) is 89.2 Å². The lowest BCUT2D eigenvalue weighted by Gasteiger charge is -2.06. The smallest absolute Gasteiger partial charge is 0.159 e. The van der Waals surface area contributed by atoms with Crippen molar-refractivity contribution in [1.82, 2.24) is 0 Å². The van der Waals surface area contributed by atoms with Crippen molar-refractivity contribution in [2.45, 2.75) is 102 Å². The number of thioether (sulfide) groups is 1. The molecular weight excluding hydrogens is 308 g/mol. The SMILES string of the molecule is CCCCCCCCCCCCCCCC(=S)OC[C@H]1CS1. The molecule has 0 aromatic heterocycles. The van der Waals surface area contributed by atoms with Crippen LogP contribution in [-0.4, -0.2) is 22.7 Å². The highest BCUT2D eigenvalue weighted by Crippen LogP contribution is 2.30. The van der Waals surface area contributed by atoms with Crippen molar-refractivity contribution in [2.75, 3.05) is 12.4 Å². The summed E-state index contributed by atoms with van der Waals surface area (Å²) in [5, 5.41) is 1.58. The van der Waals surface area contributed by atoms with Gasteiger partial charge in [-0.2, -0.15) is 11.8 Å². The number of unbranched alkanes of at least 4 members (excludes halogenated alkanes) is 12. The topological polar surface area (TPSA) is 9.23 Å². The molecule has 0 bridgehead atoms. The maximum absolute atomic E-state index is 5.58. The van der Waals surface area contributed by atoms with E-state index in [-0.39, 0.29) is 0 Å². The molecule has 1 atom stereocenters. The van der Waals surface area contributed by atoms with Gasteiger partial charge in [-0.05, 0) is 18.6 Å². The summed E-state index contributed by atoms with van der Waals surface area (Å²) < 4.78 is 5.58. The normalized spacial score (nSPS) is 16.7. The minimum absolute atomic E-state index is 0.740. The van der Waals surface area contributed by atoms with Crippen molar-refractivity contribution in [3.63, 3.8) is 0 Å². The Morgan fingerprint density at radius 3 is 1.77 bits per heavy atom. The third kappa shape index (κ3) is 13.9. The fourth-order valence-electron chi connectivity index (χ4n) is 2.71. The van der Waals surface area contributed by atoms with Crippen LogP contribution in [0.1, 0.15) is 96.8 Å². The minimum Gasteiger partial charge on any atom is -0.486 e. The Labute approximate surface area is 148 Å². The van der Waals surface area contributed by atoms with E-state index in [1.807, 2.05) is 11.8 Å². The van der Waals surface area contributed by atoms with Crippen LogP contribution in [0.15, 0.2) is 0 Å². The van der Waals surface area contributed by atoms with Gasteiger partial charge in [0.2, 0.25) is 0 Å². The Balaban J connectivity index is 1.68. The molecule has 1 fully saturated rings. The zero-order valence-corrected chi connectivity index (χ0v) is 16.2. The summed E-state index contributed by atoms with van der Waals surface area (Å²) in [5.74, 6) is 1.27. The lowest BCUT2D eigenvalue weighted by atomic mass is 10.0. The van der Waals surface area contributed by atoms with Gasteiger partial charge in [-0.3, -0.25) is 0 Å². The summed E-state index contributed by atoms with van der Waals surface area (Å²) >= 11 is 7.23. The molecule has 3 heteroatoms. The summed E-state index contributed by atoms with van der Waals surface area (Å²) in [6, 6.07) is 0. The molecule has 0 radical (unpaired) electrons. The molecule has 1 heterocycles. The molecular formula is C19H36OS2. The predicted octanol–water partition coefficient (Wildman–Crippen LogP) is 6.93.